The molecule has 0 heterocycles. The number of unbranched alkanes of at least 4 members (excludes halogenated alkanes) is 1. The second-order valence-corrected chi connectivity index (χ2v) is 6.44. The Labute approximate surface area is 149 Å². The number of hydrogen-bond donors (Lipinski definition) is 2. The number of nitrogens with one attached hydrogen (secondary N) is 2. The van der Waals surface area contributed by atoms with Gasteiger partial charge in [0.25, 0.3) is 5.91 Å². The monoisotopic (exact) mass is 422 g/mol. The largest absolute Gasteiger partial charge is 0.326 e. The van der Waals surface area contributed by atoms with Gasteiger partial charge >= 0.3 is 0 Å². The number of halogens is 1. The van der Waals surface area contributed by atoms with E-state index in [1.54, 1.807) is 30.3 Å². The van der Waals surface area contributed by atoms with Gasteiger partial charge in [-0.3, -0.25) is 9.59 Å². The van der Waals surface area contributed by atoms with Crippen LogP contribution in [-0.4, -0.2) is 11.8 Å². The smallest absolute Gasteiger partial charge is 0.255 e. The molecule has 2 N–H and O–H groups in total. The molecule has 0 unspecified atom stereocenters. The number of carbonyl (C=O) groups excluding carboxylic acids is 2. The lowest BCUT2D eigenvalue weighted by Crippen LogP contribution is -2.13. The van der Waals surface area contributed by atoms with Crippen LogP contribution in [0.3, 0.4) is 0 Å². The summed E-state index contributed by atoms with van der Waals surface area (Å²) in [5, 5.41) is 5.69. The molecule has 0 saturated carbocycles. The van der Waals surface area contributed by atoms with Gasteiger partial charge in [-0.25, -0.2) is 0 Å². The highest BCUT2D eigenvalue weighted by Gasteiger charge is 2.07. The highest BCUT2D eigenvalue weighted by molar-refractivity contribution is 14.1. The van der Waals surface area contributed by atoms with Crippen LogP contribution in [-0.2, 0) is 4.79 Å². The van der Waals surface area contributed by atoms with Crippen LogP contribution < -0.4 is 10.6 Å². The average molecular weight is 422 g/mol. The predicted octanol–water partition coefficient (Wildman–Crippen LogP) is 4.67. The van der Waals surface area contributed by atoms with Gasteiger partial charge in [-0.05, 0) is 71.5 Å². The van der Waals surface area contributed by atoms with Crippen LogP contribution >= 0.6 is 22.6 Å². The highest BCUT2D eigenvalue weighted by Crippen LogP contribution is 2.17. The first-order valence-electron chi connectivity index (χ1n) is 7.55. The van der Waals surface area contributed by atoms with Gasteiger partial charge in [-0.2, -0.15) is 0 Å². The summed E-state index contributed by atoms with van der Waals surface area (Å²) in [6.45, 7) is 2.05. The Hall–Kier alpha value is -1.89. The third kappa shape index (κ3) is 5.67. The molecular weight excluding hydrogens is 403 g/mol. The van der Waals surface area contributed by atoms with E-state index in [2.05, 4.69) is 33.2 Å². The first-order valence-corrected chi connectivity index (χ1v) is 8.63. The molecule has 0 fully saturated rings. The van der Waals surface area contributed by atoms with E-state index in [9.17, 15) is 9.59 Å². The Morgan fingerprint density at radius 3 is 2.30 bits per heavy atom. The Morgan fingerprint density at radius 1 is 1.00 bits per heavy atom. The van der Waals surface area contributed by atoms with Crippen LogP contribution in [0.4, 0.5) is 11.4 Å². The molecule has 0 aromatic heterocycles. The van der Waals surface area contributed by atoms with Crippen molar-refractivity contribution in [1.29, 1.82) is 0 Å². The molecule has 2 aromatic rings. The van der Waals surface area contributed by atoms with Gasteiger partial charge in [0.15, 0.2) is 0 Å². The van der Waals surface area contributed by atoms with Crippen LogP contribution in [0, 0.1) is 3.57 Å². The molecule has 0 radical (unpaired) electrons. The molecule has 2 rings (SSSR count). The van der Waals surface area contributed by atoms with Crippen LogP contribution in [0.1, 0.15) is 36.5 Å². The zero-order chi connectivity index (χ0) is 16.7. The summed E-state index contributed by atoms with van der Waals surface area (Å²) < 4.78 is 1.08. The zero-order valence-corrected chi connectivity index (χ0v) is 15.1. The van der Waals surface area contributed by atoms with Gasteiger partial charge < -0.3 is 10.6 Å². The third-order valence-electron chi connectivity index (χ3n) is 3.27. The van der Waals surface area contributed by atoms with Crippen molar-refractivity contribution < 1.29 is 9.59 Å². The summed E-state index contributed by atoms with van der Waals surface area (Å²) in [7, 11) is 0. The molecule has 0 bridgehead atoms. The van der Waals surface area contributed by atoms with E-state index in [1.165, 1.54) is 0 Å². The Bertz CT molecular complexity index is 684. The van der Waals surface area contributed by atoms with Crippen molar-refractivity contribution in [3.05, 3.63) is 57.7 Å². The van der Waals surface area contributed by atoms with Crippen molar-refractivity contribution in [2.24, 2.45) is 0 Å². The maximum atomic E-state index is 12.2. The first-order chi connectivity index (χ1) is 11.1. The molecule has 0 spiro atoms. The van der Waals surface area contributed by atoms with Crippen LogP contribution in [0.15, 0.2) is 48.5 Å². The molecule has 0 aliphatic rings. The lowest BCUT2D eigenvalue weighted by Gasteiger charge is -2.09. The molecule has 23 heavy (non-hydrogen) atoms. The number of hydrogen-bond acceptors (Lipinski definition) is 2. The number of carbonyl (C=O) groups is 2. The fourth-order valence-electron chi connectivity index (χ4n) is 2.04. The minimum atomic E-state index is -0.171. The number of anilines is 2. The number of rotatable bonds is 6. The van der Waals surface area contributed by atoms with Crippen molar-refractivity contribution >= 4 is 45.8 Å². The Balaban J connectivity index is 2.00. The quantitative estimate of drug-likeness (QED) is 0.665. The standard InChI is InChI=1S/C18H19IN2O2/c1-2-3-7-17(22)20-15-5-4-6-16(12-15)21-18(23)13-8-10-14(19)11-9-13/h4-6,8-12H,2-3,7H2,1H3,(H,20,22)(H,21,23). The van der Waals surface area contributed by atoms with E-state index in [4.69, 9.17) is 0 Å². The first kappa shape index (κ1) is 17.5. The molecule has 120 valence electrons. The maximum Gasteiger partial charge on any atom is 0.255 e. The summed E-state index contributed by atoms with van der Waals surface area (Å²) in [4.78, 5) is 24.0. The number of amides is 2. The van der Waals surface area contributed by atoms with Crippen LogP contribution in [0.25, 0.3) is 0 Å². The van der Waals surface area contributed by atoms with Crippen LogP contribution in [0.2, 0.25) is 0 Å². The van der Waals surface area contributed by atoms with E-state index >= 15 is 0 Å². The summed E-state index contributed by atoms with van der Waals surface area (Å²) >= 11 is 2.20. The fourth-order valence-corrected chi connectivity index (χ4v) is 2.40. The molecule has 0 aliphatic heterocycles. The fraction of sp³-hybridized carbons (Fsp3) is 0.222. The van der Waals surface area contributed by atoms with E-state index in [1.807, 2.05) is 25.1 Å². The van der Waals surface area contributed by atoms with E-state index < -0.39 is 0 Å². The molecule has 0 saturated heterocycles. The summed E-state index contributed by atoms with van der Waals surface area (Å²) in [6.07, 6.45) is 2.37. The highest BCUT2D eigenvalue weighted by atomic mass is 127. The van der Waals surface area contributed by atoms with Gasteiger partial charge in [-0.1, -0.05) is 19.4 Å². The molecule has 4 nitrogen and oxygen atoms in total. The van der Waals surface area contributed by atoms with Crippen molar-refractivity contribution in [3.8, 4) is 0 Å². The van der Waals surface area contributed by atoms with Gasteiger partial charge in [-0.15, -0.1) is 0 Å². The van der Waals surface area contributed by atoms with Crippen LogP contribution in [0.5, 0.6) is 0 Å². The van der Waals surface area contributed by atoms with Gasteiger partial charge in [0, 0.05) is 26.9 Å². The second-order valence-electron chi connectivity index (χ2n) is 5.19. The summed E-state index contributed by atoms with van der Waals surface area (Å²) in [5.41, 5.74) is 1.94. The third-order valence-corrected chi connectivity index (χ3v) is 3.99. The molecule has 2 amide bonds. The molecule has 0 aliphatic carbocycles. The molecule has 5 heteroatoms. The summed E-state index contributed by atoms with van der Waals surface area (Å²) in [5.74, 6) is -0.177. The van der Waals surface area contributed by atoms with E-state index in [0.29, 0.717) is 23.4 Å². The van der Waals surface area contributed by atoms with Gasteiger partial charge in [0.05, 0.1) is 0 Å². The van der Waals surface area contributed by atoms with Crippen molar-refractivity contribution in [2.75, 3.05) is 10.6 Å². The topological polar surface area (TPSA) is 58.2 Å². The minimum Gasteiger partial charge on any atom is -0.326 e. The minimum absolute atomic E-state index is 0.00652. The van der Waals surface area contributed by atoms with E-state index in [0.717, 1.165) is 16.4 Å². The Kier molecular flexibility index (Phi) is 6.58. The summed E-state index contributed by atoms with van der Waals surface area (Å²) in [6, 6.07) is 14.5. The lowest BCUT2D eigenvalue weighted by atomic mass is 10.2. The van der Waals surface area contributed by atoms with Crippen molar-refractivity contribution in [3.63, 3.8) is 0 Å². The van der Waals surface area contributed by atoms with Crippen molar-refractivity contribution in [2.45, 2.75) is 26.2 Å². The predicted molar refractivity (Wildman–Crippen MR) is 102 cm³/mol. The maximum absolute atomic E-state index is 12.2. The van der Waals surface area contributed by atoms with Gasteiger partial charge in [0.2, 0.25) is 5.91 Å². The normalized spacial score (nSPS) is 10.2. The SMILES string of the molecule is CCCCC(=O)Nc1cccc(NC(=O)c2ccc(I)cc2)c1. The van der Waals surface area contributed by atoms with E-state index in [-0.39, 0.29) is 11.8 Å². The molecule has 0 atom stereocenters. The van der Waals surface area contributed by atoms with Crippen molar-refractivity contribution in [1.82, 2.24) is 0 Å². The molecular formula is C18H19IN2O2. The second kappa shape index (κ2) is 8.67. The molecule has 2 aromatic carbocycles. The zero-order valence-electron chi connectivity index (χ0n) is 12.9. The average Bonchev–Trinajstić information content (AvgIpc) is 2.54. The lowest BCUT2D eigenvalue weighted by molar-refractivity contribution is -0.116. The Morgan fingerprint density at radius 2 is 1.65 bits per heavy atom. The number of benzene rings is 2. The van der Waals surface area contributed by atoms with Gasteiger partial charge in [0.1, 0.15) is 0 Å².